The number of benzene rings is 1. The molecule has 0 aliphatic heterocycles. The molecule has 20 heavy (non-hydrogen) atoms. The minimum absolute atomic E-state index is 0.0270. The molecule has 0 aliphatic rings. The zero-order chi connectivity index (χ0) is 15.1. The van der Waals surface area contributed by atoms with Crippen molar-refractivity contribution >= 4 is 11.9 Å². The van der Waals surface area contributed by atoms with Gasteiger partial charge in [-0.15, -0.1) is 0 Å². The number of carbonyl (C=O) groups is 2. The lowest BCUT2D eigenvalue weighted by atomic mass is 9.94. The van der Waals surface area contributed by atoms with Crippen LogP contribution < -0.4 is 5.32 Å². The van der Waals surface area contributed by atoms with Crippen LogP contribution in [0.15, 0.2) is 24.3 Å². The van der Waals surface area contributed by atoms with Crippen molar-refractivity contribution in [3.63, 3.8) is 0 Å². The number of carbonyl (C=O) groups excluding carboxylic acids is 1. The SMILES string of the molecule is CC(C)CC(CNC(=O)c1ccccc1O)CC(=O)O. The second-order valence-electron chi connectivity index (χ2n) is 5.32. The summed E-state index contributed by atoms with van der Waals surface area (Å²) in [6.07, 6.45) is 0.757. The Morgan fingerprint density at radius 3 is 2.45 bits per heavy atom. The first-order valence-corrected chi connectivity index (χ1v) is 6.68. The molecule has 0 fully saturated rings. The van der Waals surface area contributed by atoms with Gasteiger partial charge in [0.2, 0.25) is 0 Å². The maximum atomic E-state index is 11.9. The number of phenolic OH excluding ortho intramolecular Hbond substituents is 1. The summed E-state index contributed by atoms with van der Waals surface area (Å²) in [6, 6.07) is 6.27. The lowest BCUT2D eigenvalue weighted by Gasteiger charge is -2.18. The Bertz CT molecular complexity index is 471. The van der Waals surface area contributed by atoms with Gasteiger partial charge in [-0.1, -0.05) is 26.0 Å². The quantitative estimate of drug-likeness (QED) is 0.714. The maximum Gasteiger partial charge on any atom is 0.303 e. The number of carboxylic acid groups (broad SMARTS) is 1. The number of aliphatic carboxylic acids is 1. The van der Waals surface area contributed by atoms with Crippen LogP contribution in [0.4, 0.5) is 0 Å². The zero-order valence-corrected chi connectivity index (χ0v) is 11.8. The van der Waals surface area contributed by atoms with Crippen molar-refractivity contribution in [3.05, 3.63) is 29.8 Å². The molecular weight excluding hydrogens is 258 g/mol. The number of hydrogen-bond donors (Lipinski definition) is 3. The molecular formula is C15H21NO4. The van der Waals surface area contributed by atoms with Gasteiger partial charge in [0.25, 0.3) is 5.91 Å². The van der Waals surface area contributed by atoms with Gasteiger partial charge in [-0.05, 0) is 30.4 Å². The van der Waals surface area contributed by atoms with Crippen LogP contribution in [0.25, 0.3) is 0 Å². The van der Waals surface area contributed by atoms with Crippen molar-refractivity contribution in [3.8, 4) is 5.75 Å². The van der Waals surface area contributed by atoms with Gasteiger partial charge in [-0.25, -0.2) is 0 Å². The molecule has 0 aliphatic carbocycles. The van der Waals surface area contributed by atoms with E-state index in [1.54, 1.807) is 12.1 Å². The fourth-order valence-electron chi connectivity index (χ4n) is 2.15. The first-order chi connectivity index (χ1) is 9.40. The highest BCUT2D eigenvalue weighted by Crippen LogP contribution is 2.17. The summed E-state index contributed by atoms with van der Waals surface area (Å²) in [4.78, 5) is 22.7. The fraction of sp³-hybridized carbons (Fsp3) is 0.467. The van der Waals surface area contributed by atoms with Crippen LogP contribution in [-0.4, -0.2) is 28.6 Å². The number of amides is 1. The van der Waals surface area contributed by atoms with E-state index >= 15 is 0 Å². The van der Waals surface area contributed by atoms with Gasteiger partial charge >= 0.3 is 5.97 Å². The standard InChI is InChI=1S/C15H21NO4/c1-10(2)7-11(8-14(18)19)9-16-15(20)12-5-3-4-6-13(12)17/h3-6,10-11,17H,7-9H2,1-2H3,(H,16,20)(H,18,19). The molecule has 1 aromatic rings. The van der Waals surface area contributed by atoms with E-state index in [9.17, 15) is 14.7 Å². The Kier molecular flexibility index (Phi) is 6.03. The molecule has 0 radical (unpaired) electrons. The highest BCUT2D eigenvalue weighted by atomic mass is 16.4. The molecule has 5 heteroatoms. The molecule has 0 heterocycles. The minimum Gasteiger partial charge on any atom is -0.507 e. The molecule has 1 aromatic carbocycles. The summed E-state index contributed by atoms with van der Waals surface area (Å²) in [6.45, 7) is 4.32. The van der Waals surface area contributed by atoms with Crippen molar-refractivity contribution in [1.82, 2.24) is 5.32 Å². The van der Waals surface area contributed by atoms with E-state index < -0.39 is 5.97 Å². The first-order valence-electron chi connectivity index (χ1n) is 6.68. The van der Waals surface area contributed by atoms with Gasteiger partial charge < -0.3 is 15.5 Å². The van der Waals surface area contributed by atoms with E-state index in [0.29, 0.717) is 5.92 Å². The topological polar surface area (TPSA) is 86.6 Å². The van der Waals surface area contributed by atoms with Crippen LogP contribution in [0.1, 0.15) is 37.0 Å². The molecule has 0 bridgehead atoms. The Morgan fingerprint density at radius 1 is 1.25 bits per heavy atom. The highest BCUT2D eigenvalue weighted by Gasteiger charge is 2.17. The van der Waals surface area contributed by atoms with Crippen molar-refractivity contribution in [2.75, 3.05) is 6.54 Å². The van der Waals surface area contributed by atoms with Crippen LogP contribution in [0.2, 0.25) is 0 Å². The van der Waals surface area contributed by atoms with E-state index in [-0.39, 0.29) is 36.1 Å². The number of nitrogens with one attached hydrogen (secondary N) is 1. The summed E-state index contributed by atoms with van der Waals surface area (Å²) < 4.78 is 0. The lowest BCUT2D eigenvalue weighted by Crippen LogP contribution is -2.31. The van der Waals surface area contributed by atoms with E-state index in [1.807, 2.05) is 13.8 Å². The summed E-state index contributed by atoms with van der Waals surface area (Å²) in [5.74, 6) is -1.08. The first kappa shape index (κ1) is 16.0. The molecule has 0 saturated carbocycles. The smallest absolute Gasteiger partial charge is 0.303 e. The predicted molar refractivity (Wildman–Crippen MR) is 75.6 cm³/mol. The van der Waals surface area contributed by atoms with Gasteiger partial charge in [-0.3, -0.25) is 9.59 Å². The van der Waals surface area contributed by atoms with Crippen LogP contribution in [0, 0.1) is 11.8 Å². The number of carboxylic acids is 1. The van der Waals surface area contributed by atoms with Gasteiger partial charge in [0.15, 0.2) is 0 Å². The number of hydrogen-bond acceptors (Lipinski definition) is 3. The maximum absolute atomic E-state index is 11.9. The third kappa shape index (κ3) is 5.30. The number of rotatable bonds is 7. The number of aromatic hydroxyl groups is 1. The molecule has 1 atom stereocenters. The van der Waals surface area contributed by atoms with Crippen molar-refractivity contribution in [2.24, 2.45) is 11.8 Å². The zero-order valence-electron chi connectivity index (χ0n) is 11.8. The highest BCUT2D eigenvalue weighted by molar-refractivity contribution is 5.96. The molecule has 0 saturated heterocycles. The molecule has 5 nitrogen and oxygen atoms in total. The Labute approximate surface area is 118 Å². The van der Waals surface area contributed by atoms with E-state index in [0.717, 1.165) is 6.42 Å². The third-order valence-corrected chi connectivity index (χ3v) is 2.97. The second kappa shape index (κ2) is 7.53. The molecule has 0 spiro atoms. The number of para-hydroxylation sites is 1. The molecule has 0 aromatic heterocycles. The van der Waals surface area contributed by atoms with Crippen molar-refractivity contribution in [2.45, 2.75) is 26.7 Å². The van der Waals surface area contributed by atoms with E-state index in [1.165, 1.54) is 12.1 Å². The normalized spacial score (nSPS) is 12.2. The lowest BCUT2D eigenvalue weighted by molar-refractivity contribution is -0.138. The summed E-state index contributed by atoms with van der Waals surface area (Å²) in [5.41, 5.74) is 0.200. The number of phenols is 1. The van der Waals surface area contributed by atoms with E-state index in [4.69, 9.17) is 5.11 Å². The third-order valence-electron chi connectivity index (χ3n) is 2.97. The van der Waals surface area contributed by atoms with Crippen LogP contribution in [-0.2, 0) is 4.79 Å². The Balaban J connectivity index is 2.60. The van der Waals surface area contributed by atoms with Crippen molar-refractivity contribution < 1.29 is 19.8 Å². The van der Waals surface area contributed by atoms with Gasteiger partial charge in [0.05, 0.1) is 5.56 Å². The van der Waals surface area contributed by atoms with Crippen LogP contribution >= 0.6 is 0 Å². The second-order valence-corrected chi connectivity index (χ2v) is 5.32. The summed E-state index contributed by atoms with van der Waals surface area (Å²) >= 11 is 0. The van der Waals surface area contributed by atoms with Crippen LogP contribution in [0.3, 0.4) is 0 Å². The van der Waals surface area contributed by atoms with Gasteiger partial charge in [-0.2, -0.15) is 0 Å². The molecule has 1 amide bonds. The largest absolute Gasteiger partial charge is 0.507 e. The monoisotopic (exact) mass is 279 g/mol. The Hall–Kier alpha value is -2.04. The average Bonchev–Trinajstić information content (AvgIpc) is 2.34. The van der Waals surface area contributed by atoms with Gasteiger partial charge in [0, 0.05) is 13.0 Å². The minimum atomic E-state index is -0.868. The molecule has 1 unspecified atom stereocenters. The van der Waals surface area contributed by atoms with E-state index in [2.05, 4.69) is 5.32 Å². The average molecular weight is 279 g/mol. The summed E-state index contributed by atoms with van der Waals surface area (Å²) in [7, 11) is 0. The van der Waals surface area contributed by atoms with Gasteiger partial charge in [0.1, 0.15) is 5.75 Å². The summed E-state index contributed by atoms with van der Waals surface area (Å²) in [5, 5.41) is 21.1. The molecule has 110 valence electrons. The molecule has 1 rings (SSSR count). The van der Waals surface area contributed by atoms with Crippen LogP contribution in [0.5, 0.6) is 5.75 Å². The predicted octanol–water partition coefficient (Wildman–Crippen LogP) is 2.26. The van der Waals surface area contributed by atoms with Crippen molar-refractivity contribution in [1.29, 1.82) is 0 Å². The molecule has 3 N–H and O–H groups in total. The fourth-order valence-corrected chi connectivity index (χ4v) is 2.15. The Morgan fingerprint density at radius 2 is 1.90 bits per heavy atom.